The maximum absolute atomic E-state index is 12.2. The van der Waals surface area contributed by atoms with E-state index in [-0.39, 0.29) is 12.1 Å². The molecule has 2 aromatic rings. The zero-order chi connectivity index (χ0) is 19.4. The van der Waals surface area contributed by atoms with E-state index >= 15 is 0 Å². The number of aromatic nitrogens is 2. The Labute approximate surface area is 159 Å². The summed E-state index contributed by atoms with van der Waals surface area (Å²) < 4.78 is 11.0. The van der Waals surface area contributed by atoms with Crippen LogP contribution in [0.25, 0.3) is 0 Å². The van der Waals surface area contributed by atoms with Crippen LogP contribution in [0.5, 0.6) is 17.4 Å². The predicted molar refractivity (Wildman–Crippen MR) is 103 cm³/mol. The van der Waals surface area contributed by atoms with E-state index in [4.69, 9.17) is 9.47 Å². The average Bonchev–Trinajstić information content (AvgIpc) is 2.68. The molecule has 1 aliphatic rings. The fraction of sp³-hybridized carbons (Fsp3) is 0.421. The minimum Gasteiger partial charge on any atom is -0.497 e. The third-order valence-electron chi connectivity index (χ3n) is 4.49. The first-order valence-corrected chi connectivity index (χ1v) is 8.84. The van der Waals surface area contributed by atoms with Gasteiger partial charge in [-0.1, -0.05) is 0 Å². The van der Waals surface area contributed by atoms with Gasteiger partial charge in [0.25, 0.3) is 0 Å². The second kappa shape index (κ2) is 8.11. The Balaban J connectivity index is 1.67. The summed E-state index contributed by atoms with van der Waals surface area (Å²) in [6, 6.07) is 9.27. The number of amides is 2. The van der Waals surface area contributed by atoms with Crippen molar-refractivity contribution in [3.63, 3.8) is 0 Å². The molecule has 0 N–H and O–H groups in total. The second-order valence-corrected chi connectivity index (χ2v) is 6.66. The lowest BCUT2D eigenvalue weighted by Gasteiger charge is -2.41. The minimum absolute atomic E-state index is 0.0355. The number of carbonyl (C=O) groups excluding carboxylic acids is 1. The van der Waals surface area contributed by atoms with Crippen LogP contribution in [-0.4, -0.2) is 72.7 Å². The van der Waals surface area contributed by atoms with Crippen LogP contribution in [0.2, 0.25) is 0 Å². The van der Waals surface area contributed by atoms with Gasteiger partial charge in [0.05, 0.1) is 7.11 Å². The Morgan fingerprint density at radius 2 is 1.85 bits per heavy atom. The number of piperazine rings is 1. The molecule has 1 unspecified atom stereocenters. The molecule has 1 fully saturated rings. The topological polar surface area (TPSA) is 71.0 Å². The van der Waals surface area contributed by atoms with Crippen LogP contribution < -0.4 is 14.4 Å². The Morgan fingerprint density at radius 3 is 2.48 bits per heavy atom. The van der Waals surface area contributed by atoms with E-state index in [1.54, 1.807) is 26.1 Å². The second-order valence-electron chi connectivity index (χ2n) is 6.66. The number of urea groups is 1. The summed E-state index contributed by atoms with van der Waals surface area (Å²) in [6.45, 7) is 4.11. The van der Waals surface area contributed by atoms with Crippen LogP contribution in [0, 0.1) is 0 Å². The monoisotopic (exact) mass is 371 g/mol. The molecule has 1 aromatic carbocycles. The lowest BCUT2D eigenvalue weighted by atomic mass is 10.2. The van der Waals surface area contributed by atoms with Crippen molar-refractivity contribution in [2.75, 3.05) is 45.7 Å². The zero-order valence-corrected chi connectivity index (χ0v) is 16.1. The van der Waals surface area contributed by atoms with Gasteiger partial charge in [0.15, 0.2) is 0 Å². The maximum atomic E-state index is 12.2. The number of nitrogens with zero attached hydrogens (tertiary/aromatic N) is 5. The van der Waals surface area contributed by atoms with Crippen molar-refractivity contribution in [3.05, 3.63) is 36.7 Å². The Kier molecular flexibility index (Phi) is 5.63. The number of rotatable bonds is 4. The summed E-state index contributed by atoms with van der Waals surface area (Å²) in [7, 11) is 5.17. The van der Waals surface area contributed by atoms with Crippen molar-refractivity contribution in [1.82, 2.24) is 19.8 Å². The van der Waals surface area contributed by atoms with Crippen molar-refractivity contribution < 1.29 is 14.3 Å². The van der Waals surface area contributed by atoms with Crippen LogP contribution in [0.3, 0.4) is 0 Å². The third kappa shape index (κ3) is 4.39. The fourth-order valence-electron chi connectivity index (χ4n) is 3.03. The summed E-state index contributed by atoms with van der Waals surface area (Å²) >= 11 is 0. The van der Waals surface area contributed by atoms with Crippen molar-refractivity contribution in [2.24, 2.45) is 0 Å². The molecule has 0 spiro atoms. The average molecular weight is 371 g/mol. The Morgan fingerprint density at radius 1 is 1.15 bits per heavy atom. The predicted octanol–water partition coefficient (Wildman–Crippen LogP) is 2.47. The standard InChI is InChI=1S/C19H25N5O3/c1-14-12-23(9-10-24(14)19(25)22(2)3)17-11-18(21-13-20-17)27-16-7-5-15(26-4)6-8-16/h5-8,11,13-14H,9-10,12H2,1-4H3. The smallest absolute Gasteiger partial charge is 0.319 e. The zero-order valence-electron chi connectivity index (χ0n) is 16.1. The molecular formula is C19H25N5O3. The molecule has 1 aromatic heterocycles. The molecule has 0 bridgehead atoms. The van der Waals surface area contributed by atoms with Gasteiger partial charge >= 0.3 is 6.03 Å². The summed E-state index contributed by atoms with van der Waals surface area (Å²) in [6.07, 6.45) is 1.50. The van der Waals surface area contributed by atoms with Crippen molar-refractivity contribution in [2.45, 2.75) is 13.0 Å². The molecular weight excluding hydrogens is 346 g/mol. The van der Waals surface area contributed by atoms with E-state index in [1.165, 1.54) is 6.33 Å². The molecule has 27 heavy (non-hydrogen) atoms. The quantitative estimate of drug-likeness (QED) is 0.822. The van der Waals surface area contributed by atoms with E-state index in [0.29, 0.717) is 31.3 Å². The number of hydrogen-bond donors (Lipinski definition) is 0. The number of anilines is 1. The minimum atomic E-state index is 0.0355. The highest BCUT2D eigenvalue weighted by molar-refractivity contribution is 5.74. The number of hydrogen-bond acceptors (Lipinski definition) is 6. The van der Waals surface area contributed by atoms with E-state index in [9.17, 15) is 4.79 Å². The van der Waals surface area contributed by atoms with Gasteiger partial charge in [0.1, 0.15) is 23.6 Å². The normalized spacial score (nSPS) is 16.8. The van der Waals surface area contributed by atoms with E-state index in [1.807, 2.05) is 42.2 Å². The van der Waals surface area contributed by atoms with E-state index in [0.717, 1.165) is 11.6 Å². The van der Waals surface area contributed by atoms with Crippen molar-refractivity contribution in [1.29, 1.82) is 0 Å². The molecule has 144 valence electrons. The third-order valence-corrected chi connectivity index (χ3v) is 4.49. The summed E-state index contributed by atoms with van der Waals surface area (Å²) in [5.74, 6) is 2.71. The highest BCUT2D eigenvalue weighted by atomic mass is 16.5. The summed E-state index contributed by atoms with van der Waals surface area (Å²) in [4.78, 5) is 26.4. The summed E-state index contributed by atoms with van der Waals surface area (Å²) in [5.41, 5.74) is 0. The van der Waals surface area contributed by atoms with E-state index in [2.05, 4.69) is 14.9 Å². The molecule has 3 rings (SSSR count). The van der Waals surface area contributed by atoms with Crippen LogP contribution in [0.1, 0.15) is 6.92 Å². The highest BCUT2D eigenvalue weighted by Gasteiger charge is 2.29. The first kappa shape index (κ1) is 18.8. The number of carbonyl (C=O) groups is 1. The van der Waals surface area contributed by atoms with Crippen LogP contribution >= 0.6 is 0 Å². The molecule has 1 atom stereocenters. The SMILES string of the molecule is COc1ccc(Oc2cc(N3CCN(C(=O)N(C)C)C(C)C3)ncn2)cc1. The molecule has 1 aliphatic heterocycles. The van der Waals surface area contributed by atoms with Gasteiger partial charge in [-0.3, -0.25) is 0 Å². The molecule has 0 saturated carbocycles. The van der Waals surface area contributed by atoms with E-state index < -0.39 is 0 Å². The van der Waals surface area contributed by atoms with Crippen LogP contribution in [-0.2, 0) is 0 Å². The first-order chi connectivity index (χ1) is 13.0. The highest BCUT2D eigenvalue weighted by Crippen LogP contribution is 2.25. The lowest BCUT2D eigenvalue weighted by Crippen LogP contribution is -2.56. The fourth-order valence-corrected chi connectivity index (χ4v) is 3.03. The van der Waals surface area contributed by atoms with Gasteiger partial charge in [-0.25, -0.2) is 14.8 Å². The largest absolute Gasteiger partial charge is 0.497 e. The Bertz CT molecular complexity index is 781. The molecule has 8 heteroatoms. The molecule has 2 amide bonds. The van der Waals surface area contributed by atoms with Crippen molar-refractivity contribution >= 4 is 11.8 Å². The van der Waals surface area contributed by atoms with Gasteiger partial charge in [-0.2, -0.15) is 0 Å². The van der Waals surface area contributed by atoms with Crippen LogP contribution in [0.4, 0.5) is 10.6 Å². The van der Waals surface area contributed by atoms with Crippen molar-refractivity contribution in [3.8, 4) is 17.4 Å². The van der Waals surface area contributed by atoms with Gasteiger partial charge in [0.2, 0.25) is 5.88 Å². The first-order valence-electron chi connectivity index (χ1n) is 8.84. The molecule has 2 heterocycles. The molecule has 0 aliphatic carbocycles. The maximum Gasteiger partial charge on any atom is 0.319 e. The van der Waals surface area contributed by atoms with Gasteiger partial charge in [-0.05, 0) is 31.2 Å². The summed E-state index contributed by atoms with van der Waals surface area (Å²) in [5, 5.41) is 0. The molecule has 0 radical (unpaired) electrons. The lowest BCUT2D eigenvalue weighted by molar-refractivity contribution is 0.146. The molecule has 8 nitrogen and oxygen atoms in total. The Hall–Kier alpha value is -3.03. The number of benzene rings is 1. The number of ether oxygens (including phenoxy) is 2. The molecule has 1 saturated heterocycles. The van der Waals surface area contributed by atoms with Crippen LogP contribution in [0.15, 0.2) is 36.7 Å². The van der Waals surface area contributed by atoms with Gasteiger partial charge < -0.3 is 24.2 Å². The van der Waals surface area contributed by atoms with Gasteiger partial charge in [0, 0.05) is 45.8 Å². The number of methoxy groups -OCH3 is 1. The van der Waals surface area contributed by atoms with Gasteiger partial charge in [-0.15, -0.1) is 0 Å².